The van der Waals surface area contributed by atoms with Gasteiger partial charge < -0.3 is 14.7 Å². The number of hydrogen-bond donors (Lipinski definition) is 1. The third kappa shape index (κ3) is 2.02. The van der Waals surface area contributed by atoms with Gasteiger partial charge in [-0.05, 0) is 0 Å². The maximum Gasteiger partial charge on any atom is 0.159 e. The molecular weight excluding hydrogens is 230 g/mol. The summed E-state index contributed by atoms with van der Waals surface area (Å²) in [5.41, 5.74) is 0. The quantitative estimate of drug-likeness (QED) is 0.849. The first-order valence-corrected chi connectivity index (χ1v) is 6.06. The summed E-state index contributed by atoms with van der Waals surface area (Å²) >= 11 is 0. The van der Waals surface area contributed by atoms with E-state index in [-0.39, 0.29) is 12.7 Å². The van der Waals surface area contributed by atoms with Crippen molar-refractivity contribution in [2.24, 2.45) is 0 Å². The number of fused-ring (bicyclic) bond motifs is 1. The summed E-state index contributed by atoms with van der Waals surface area (Å²) in [7, 11) is 0. The highest BCUT2D eigenvalue weighted by Crippen LogP contribution is 2.24. The van der Waals surface area contributed by atoms with Gasteiger partial charge in [0.15, 0.2) is 5.82 Å². The largest absolute Gasteiger partial charge is 0.394 e. The number of hydrogen-bond acceptors (Lipinski definition) is 5. The highest BCUT2D eigenvalue weighted by atomic mass is 16.5. The summed E-state index contributed by atoms with van der Waals surface area (Å²) in [6.45, 7) is 2.07. The predicted octanol–water partition coefficient (Wildman–Crippen LogP) is 0.827. The molecule has 94 valence electrons. The Hall–Kier alpha value is -1.72. The maximum atomic E-state index is 9.18. The van der Waals surface area contributed by atoms with E-state index in [1.54, 1.807) is 6.20 Å². The van der Waals surface area contributed by atoms with E-state index in [2.05, 4.69) is 15.1 Å². The summed E-state index contributed by atoms with van der Waals surface area (Å²) in [5.74, 6) is 0.870. The van der Waals surface area contributed by atoms with Crippen molar-refractivity contribution in [3.63, 3.8) is 0 Å². The molecule has 1 atom stereocenters. The van der Waals surface area contributed by atoms with E-state index < -0.39 is 0 Å². The van der Waals surface area contributed by atoms with Crippen molar-refractivity contribution in [1.82, 2.24) is 10.2 Å². The molecule has 2 heterocycles. The van der Waals surface area contributed by atoms with Gasteiger partial charge in [0.25, 0.3) is 0 Å². The number of aromatic nitrogens is 2. The second-order valence-electron chi connectivity index (χ2n) is 4.38. The van der Waals surface area contributed by atoms with Gasteiger partial charge in [0, 0.05) is 23.9 Å². The minimum atomic E-state index is -0.139. The molecule has 1 N–H and O–H groups in total. The smallest absolute Gasteiger partial charge is 0.159 e. The average molecular weight is 245 g/mol. The number of aliphatic hydroxyl groups is 1. The van der Waals surface area contributed by atoms with Crippen LogP contribution in [0.2, 0.25) is 0 Å². The number of morpholine rings is 1. The van der Waals surface area contributed by atoms with E-state index in [0.717, 1.165) is 23.1 Å². The summed E-state index contributed by atoms with van der Waals surface area (Å²) < 4.78 is 5.45. The van der Waals surface area contributed by atoms with Gasteiger partial charge >= 0.3 is 0 Å². The molecule has 0 spiro atoms. The predicted molar refractivity (Wildman–Crippen MR) is 68.6 cm³/mol. The molecular formula is C13H15N3O2. The Labute approximate surface area is 105 Å². The number of nitrogens with zero attached hydrogens (tertiary/aromatic N) is 3. The zero-order valence-electron chi connectivity index (χ0n) is 9.99. The van der Waals surface area contributed by atoms with Crippen molar-refractivity contribution < 1.29 is 9.84 Å². The highest BCUT2D eigenvalue weighted by Gasteiger charge is 2.22. The first-order valence-electron chi connectivity index (χ1n) is 6.06. The van der Waals surface area contributed by atoms with Crippen LogP contribution in [-0.4, -0.2) is 47.7 Å². The first kappa shape index (κ1) is 11.4. The van der Waals surface area contributed by atoms with Crippen LogP contribution >= 0.6 is 0 Å². The van der Waals surface area contributed by atoms with Crippen molar-refractivity contribution >= 4 is 16.6 Å². The molecule has 5 nitrogen and oxygen atoms in total. The Kier molecular flexibility index (Phi) is 3.08. The Balaban J connectivity index is 1.98. The van der Waals surface area contributed by atoms with Gasteiger partial charge in [-0.3, -0.25) is 0 Å². The van der Waals surface area contributed by atoms with Crippen LogP contribution in [0.5, 0.6) is 0 Å². The van der Waals surface area contributed by atoms with Crippen LogP contribution in [-0.2, 0) is 4.74 Å². The molecule has 5 heteroatoms. The Morgan fingerprint density at radius 2 is 2.28 bits per heavy atom. The second-order valence-corrected chi connectivity index (χ2v) is 4.38. The molecule has 1 saturated heterocycles. The molecule has 1 fully saturated rings. The van der Waals surface area contributed by atoms with Crippen molar-refractivity contribution in [2.75, 3.05) is 31.2 Å². The molecule has 3 rings (SSSR count). The standard InChI is InChI=1S/C13H15N3O2/c17-9-11-8-16(5-6-18-11)13-12-4-2-1-3-10(12)7-14-15-13/h1-4,7,11,17H,5-6,8-9H2. The average Bonchev–Trinajstić information content (AvgIpc) is 2.47. The first-order chi connectivity index (χ1) is 8.88. The number of anilines is 1. The number of aliphatic hydroxyl groups excluding tert-OH is 1. The Morgan fingerprint density at radius 3 is 3.17 bits per heavy atom. The minimum Gasteiger partial charge on any atom is -0.394 e. The van der Waals surface area contributed by atoms with Crippen LogP contribution in [0.4, 0.5) is 5.82 Å². The van der Waals surface area contributed by atoms with E-state index >= 15 is 0 Å². The minimum absolute atomic E-state index is 0.0364. The van der Waals surface area contributed by atoms with Gasteiger partial charge in [-0.1, -0.05) is 24.3 Å². The molecule has 1 aliphatic heterocycles. The molecule has 0 bridgehead atoms. The fourth-order valence-electron chi connectivity index (χ4n) is 2.27. The normalized spacial score (nSPS) is 20.3. The van der Waals surface area contributed by atoms with Crippen LogP contribution in [0, 0.1) is 0 Å². The van der Waals surface area contributed by atoms with Crippen molar-refractivity contribution in [3.05, 3.63) is 30.5 Å². The van der Waals surface area contributed by atoms with Gasteiger partial charge in [-0.15, -0.1) is 5.10 Å². The zero-order valence-corrected chi connectivity index (χ0v) is 9.99. The van der Waals surface area contributed by atoms with Gasteiger partial charge in [0.05, 0.1) is 25.5 Å². The number of rotatable bonds is 2. The third-order valence-electron chi connectivity index (χ3n) is 3.19. The van der Waals surface area contributed by atoms with E-state index in [4.69, 9.17) is 4.74 Å². The molecule has 0 aliphatic carbocycles. The third-order valence-corrected chi connectivity index (χ3v) is 3.19. The fourth-order valence-corrected chi connectivity index (χ4v) is 2.27. The van der Waals surface area contributed by atoms with E-state index in [0.29, 0.717) is 13.2 Å². The van der Waals surface area contributed by atoms with Crippen LogP contribution in [0.3, 0.4) is 0 Å². The second kappa shape index (κ2) is 4.88. The number of ether oxygens (including phenoxy) is 1. The lowest BCUT2D eigenvalue weighted by atomic mass is 10.1. The summed E-state index contributed by atoms with van der Waals surface area (Å²) in [4.78, 5) is 2.12. The fraction of sp³-hybridized carbons (Fsp3) is 0.385. The molecule has 18 heavy (non-hydrogen) atoms. The molecule has 0 saturated carbocycles. The van der Waals surface area contributed by atoms with Crippen molar-refractivity contribution in [2.45, 2.75) is 6.10 Å². The van der Waals surface area contributed by atoms with E-state index in [1.165, 1.54) is 0 Å². The monoisotopic (exact) mass is 245 g/mol. The maximum absolute atomic E-state index is 9.18. The van der Waals surface area contributed by atoms with Crippen LogP contribution in [0.1, 0.15) is 0 Å². The Morgan fingerprint density at radius 1 is 1.39 bits per heavy atom. The molecule has 0 amide bonds. The lowest BCUT2D eigenvalue weighted by Crippen LogP contribution is -2.44. The van der Waals surface area contributed by atoms with Gasteiger partial charge in [-0.25, -0.2) is 0 Å². The Bertz CT molecular complexity index is 541. The van der Waals surface area contributed by atoms with E-state index in [1.807, 2.05) is 24.3 Å². The molecule has 2 aromatic rings. The highest BCUT2D eigenvalue weighted by molar-refractivity contribution is 5.91. The lowest BCUT2D eigenvalue weighted by Gasteiger charge is -2.33. The molecule has 0 radical (unpaired) electrons. The molecule has 1 unspecified atom stereocenters. The summed E-state index contributed by atoms with van der Waals surface area (Å²) in [5, 5.41) is 19.6. The van der Waals surface area contributed by atoms with Gasteiger partial charge in [0.2, 0.25) is 0 Å². The van der Waals surface area contributed by atoms with Gasteiger partial charge in [-0.2, -0.15) is 5.10 Å². The SMILES string of the molecule is OCC1CN(c2nncc3ccccc23)CCO1. The number of benzene rings is 1. The van der Waals surface area contributed by atoms with Crippen LogP contribution in [0.25, 0.3) is 10.8 Å². The van der Waals surface area contributed by atoms with Crippen molar-refractivity contribution in [1.29, 1.82) is 0 Å². The molecule has 1 aromatic carbocycles. The van der Waals surface area contributed by atoms with E-state index in [9.17, 15) is 5.11 Å². The lowest BCUT2D eigenvalue weighted by molar-refractivity contribution is 0.00340. The van der Waals surface area contributed by atoms with Crippen LogP contribution < -0.4 is 4.90 Å². The topological polar surface area (TPSA) is 58.5 Å². The molecule has 1 aliphatic rings. The van der Waals surface area contributed by atoms with Gasteiger partial charge in [0.1, 0.15) is 0 Å². The van der Waals surface area contributed by atoms with Crippen molar-refractivity contribution in [3.8, 4) is 0 Å². The zero-order chi connectivity index (χ0) is 12.4. The summed E-state index contributed by atoms with van der Waals surface area (Å²) in [6, 6.07) is 8.06. The molecule has 1 aromatic heterocycles. The summed E-state index contributed by atoms with van der Waals surface area (Å²) in [6.07, 6.45) is 1.63. The van der Waals surface area contributed by atoms with Crippen LogP contribution in [0.15, 0.2) is 30.5 Å².